The lowest BCUT2D eigenvalue weighted by Gasteiger charge is -2.05. The van der Waals surface area contributed by atoms with Crippen LogP contribution in [0.25, 0.3) is 0 Å². The van der Waals surface area contributed by atoms with E-state index in [1.165, 1.54) is 0 Å². The zero-order chi connectivity index (χ0) is 15.6. The van der Waals surface area contributed by atoms with Crippen LogP contribution in [0.4, 0.5) is 9.52 Å². The van der Waals surface area contributed by atoms with Crippen LogP contribution in [0.3, 0.4) is 0 Å². The Labute approximate surface area is 132 Å². The fraction of sp³-hybridized carbons (Fsp3) is 0.0833. The van der Waals surface area contributed by atoms with Crippen molar-refractivity contribution in [2.45, 2.75) is 6.42 Å². The van der Waals surface area contributed by atoms with Crippen molar-refractivity contribution in [1.29, 1.82) is 0 Å². The lowest BCUT2D eigenvalue weighted by Crippen LogP contribution is -2.15. The largest absolute Gasteiger partial charge is 0.369 e. The van der Waals surface area contributed by atoms with E-state index in [0.29, 0.717) is 5.69 Å². The second kappa shape index (κ2) is 6.38. The summed E-state index contributed by atoms with van der Waals surface area (Å²) in [6.45, 7) is 0. The number of hydrogen-bond donors (Lipinski definition) is 2. The summed E-state index contributed by atoms with van der Waals surface area (Å²) < 4.78 is 13.4. The van der Waals surface area contributed by atoms with Crippen LogP contribution in [-0.2, 0) is 11.2 Å². The van der Waals surface area contributed by atoms with E-state index in [2.05, 4.69) is 10.3 Å². The zero-order valence-electron chi connectivity index (χ0n) is 10.3. The van der Waals surface area contributed by atoms with Gasteiger partial charge in [-0.25, -0.2) is 9.37 Å². The fourth-order valence-electron chi connectivity index (χ4n) is 1.49. The Morgan fingerprint density at radius 1 is 1.33 bits per heavy atom. The second-order valence-electron chi connectivity index (χ2n) is 3.99. The molecule has 21 heavy (non-hydrogen) atoms. The number of amides is 2. The second-order valence-corrected chi connectivity index (χ2v) is 5.66. The molecule has 0 saturated heterocycles. The number of carbonyl (C=O) groups excluding carboxylic acids is 2. The molecule has 0 bridgehead atoms. The van der Waals surface area contributed by atoms with Crippen LogP contribution in [-0.4, -0.2) is 16.8 Å². The first-order valence-corrected chi connectivity index (χ1v) is 7.19. The summed E-state index contributed by atoms with van der Waals surface area (Å²) in [5.41, 5.74) is 5.42. The Morgan fingerprint density at radius 3 is 2.71 bits per heavy atom. The number of nitrogens with zero attached hydrogens (tertiary/aromatic N) is 1. The Hall–Kier alpha value is -1.70. The number of primary amides is 1. The molecule has 2 aromatic rings. The summed E-state index contributed by atoms with van der Waals surface area (Å²) in [6, 6.07) is 2.09. The quantitative estimate of drug-likeness (QED) is 0.833. The van der Waals surface area contributed by atoms with Crippen molar-refractivity contribution in [2.24, 2.45) is 5.73 Å². The molecule has 0 radical (unpaired) electrons. The van der Waals surface area contributed by atoms with Gasteiger partial charge in [-0.05, 0) is 12.1 Å². The van der Waals surface area contributed by atoms with Crippen LogP contribution in [0.2, 0.25) is 10.0 Å². The van der Waals surface area contributed by atoms with Gasteiger partial charge in [0.1, 0.15) is 5.82 Å². The van der Waals surface area contributed by atoms with Gasteiger partial charge in [0.2, 0.25) is 5.91 Å². The number of carbonyl (C=O) groups is 2. The van der Waals surface area contributed by atoms with Gasteiger partial charge in [0.15, 0.2) is 5.13 Å². The number of nitrogens with one attached hydrogen (secondary N) is 1. The van der Waals surface area contributed by atoms with Crippen LogP contribution < -0.4 is 11.1 Å². The molecule has 0 fully saturated rings. The van der Waals surface area contributed by atoms with Gasteiger partial charge < -0.3 is 5.73 Å². The van der Waals surface area contributed by atoms with Gasteiger partial charge in [-0.15, -0.1) is 11.3 Å². The van der Waals surface area contributed by atoms with E-state index in [9.17, 15) is 14.0 Å². The summed E-state index contributed by atoms with van der Waals surface area (Å²) in [4.78, 5) is 26.8. The minimum atomic E-state index is -0.750. The lowest BCUT2D eigenvalue weighted by molar-refractivity contribution is -0.117. The third-order valence-electron chi connectivity index (χ3n) is 2.38. The number of halogens is 3. The summed E-state index contributed by atoms with van der Waals surface area (Å²) >= 11 is 12.5. The normalized spacial score (nSPS) is 10.4. The molecule has 2 rings (SSSR count). The molecule has 0 aliphatic carbocycles. The fourth-order valence-corrected chi connectivity index (χ4v) is 2.66. The molecule has 5 nitrogen and oxygen atoms in total. The van der Waals surface area contributed by atoms with Crippen molar-refractivity contribution in [3.05, 3.63) is 44.6 Å². The van der Waals surface area contributed by atoms with Crippen LogP contribution in [0.15, 0.2) is 17.5 Å². The molecule has 9 heteroatoms. The van der Waals surface area contributed by atoms with Crippen LogP contribution in [0, 0.1) is 5.82 Å². The molecular formula is C12H8Cl2FN3O2S. The molecule has 110 valence electrons. The highest BCUT2D eigenvalue weighted by Gasteiger charge is 2.16. The number of anilines is 1. The van der Waals surface area contributed by atoms with Crippen molar-refractivity contribution in [3.8, 4) is 0 Å². The van der Waals surface area contributed by atoms with Crippen molar-refractivity contribution in [1.82, 2.24) is 4.98 Å². The highest BCUT2D eigenvalue weighted by Crippen LogP contribution is 2.25. The number of benzene rings is 1. The number of hydrogen-bond acceptors (Lipinski definition) is 4. The highest BCUT2D eigenvalue weighted by atomic mass is 35.5. The number of aromatic nitrogens is 1. The standard InChI is InChI=1S/C12H8Cl2FN3O2S/c13-7-3-8(14)9(15)2-6(7)11(20)18-12-17-5(4-21-12)1-10(16)19/h2-4H,1H2,(H2,16,19)(H,17,18,20). The van der Waals surface area contributed by atoms with Crippen molar-refractivity contribution < 1.29 is 14.0 Å². The molecule has 0 unspecified atom stereocenters. The Morgan fingerprint density at radius 2 is 2.05 bits per heavy atom. The Bertz CT molecular complexity index is 721. The minimum Gasteiger partial charge on any atom is -0.369 e. The molecule has 0 aliphatic heterocycles. The topological polar surface area (TPSA) is 85.1 Å². The van der Waals surface area contributed by atoms with Gasteiger partial charge in [0.05, 0.1) is 27.7 Å². The number of nitrogens with two attached hydrogens (primary N) is 1. The summed E-state index contributed by atoms with van der Waals surface area (Å²) in [5, 5.41) is 4.15. The molecule has 2 amide bonds. The first-order valence-electron chi connectivity index (χ1n) is 5.55. The molecular weight excluding hydrogens is 340 g/mol. The predicted octanol–water partition coefficient (Wildman–Crippen LogP) is 2.87. The molecule has 0 aliphatic rings. The van der Waals surface area contributed by atoms with Gasteiger partial charge >= 0.3 is 0 Å². The monoisotopic (exact) mass is 347 g/mol. The maximum atomic E-state index is 13.4. The van der Waals surface area contributed by atoms with Gasteiger partial charge in [-0.1, -0.05) is 23.2 Å². The first kappa shape index (κ1) is 15.7. The third kappa shape index (κ3) is 3.90. The van der Waals surface area contributed by atoms with Gasteiger partial charge in [-0.3, -0.25) is 14.9 Å². The predicted molar refractivity (Wildman–Crippen MR) is 79.4 cm³/mol. The van der Waals surface area contributed by atoms with E-state index in [1.807, 2.05) is 0 Å². The zero-order valence-corrected chi connectivity index (χ0v) is 12.7. The average molecular weight is 348 g/mol. The third-order valence-corrected chi connectivity index (χ3v) is 3.79. The van der Waals surface area contributed by atoms with E-state index in [4.69, 9.17) is 28.9 Å². The summed E-state index contributed by atoms with van der Waals surface area (Å²) in [5.74, 6) is -1.91. The van der Waals surface area contributed by atoms with E-state index in [0.717, 1.165) is 23.5 Å². The average Bonchev–Trinajstić information content (AvgIpc) is 2.80. The van der Waals surface area contributed by atoms with Crippen molar-refractivity contribution >= 4 is 51.5 Å². The van der Waals surface area contributed by atoms with E-state index in [-0.39, 0.29) is 27.2 Å². The maximum absolute atomic E-state index is 13.4. The van der Waals surface area contributed by atoms with Crippen LogP contribution in [0.1, 0.15) is 16.1 Å². The van der Waals surface area contributed by atoms with Crippen molar-refractivity contribution in [2.75, 3.05) is 5.32 Å². The van der Waals surface area contributed by atoms with Gasteiger partial charge in [-0.2, -0.15) is 0 Å². The molecule has 1 heterocycles. The summed E-state index contributed by atoms with van der Waals surface area (Å²) in [6.07, 6.45) is -0.0251. The SMILES string of the molecule is NC(=O)Cc1csc(NC(=O)c2cc(F)c(Cl)cc2Cl)n1. The summed E-state index contributed by atoms with van der Waals surface area (Å²) in [7, 11) is 0. The minimum absolute atomic E-state index is 0.0211. The smallest absolute Gasteiger partial charge is 0.259 e. The maximum Gasteiger partial charge on any atom is 0.259 e. The molecule has 3 N–H and O–H groups in total. The number of rotatable bonds is 4. The number of thiazole rings is 1. The molecule has 0 saturated carbocycles. The van der Waals surface area contributed by atoms with Crippen LogP contribution >= 0.6 is 34.5 Å². The molecule has 0 spiro atoms. The van der Waals surface area contributed by atoms with E-state index < -0.39 is 17.6 Å². The van der Waals surface area contributed by atoms with Gasteiger partial charge in [0, 0.05) is 5.38 Å². The lowest BCUT2D eigenvalue weighted by atomic mass is 10.2. The van der Waals surface area contributed by atoms with Crippen LogP contribution in [0.5, 0.6) is 0 Å². The highest BCUT2D eigenvalue weighted by molar-refractivity contribution is 7.14. The molecule has 1 aromatic heterocycles. The van der Waals surface area contributed by atoms with E-state index in [1.54, 1.807) is 5.38 Å². The Kier molecular flexibility index (Phi) is 4.76. The molecule has 0 atom stereocenters. The first-order chi connectivity index (χ1) is 9.86. The Balaban J connectivity index is 2.16. The molecule has 1 aromatic carbocycles. The van der Waals surface area contributed by atoms with E-state index >= 15 is 0 Å². The van der Waals surface area contributed by atoms with Gasteiger partial charge in [0.25, 0.3) is 5.91 Å². The van der Waals surface area contributed by atoms with Crippen molar-refractivity contribution in [3.63, 3.8) is 0 Å².